The maximum atomic E-state index is 12.8. The highest BCUT2D eigenvalue weighted by molar-refractivity contribution is 8.01. The summed E-state index contributed by atoms with van der Waals surface area (Å²) in [6.07, 6.45) is 0. The van der Waals surface area contributed by atoms with Gasteiger partial charge in [-0.15, -0.1) is 16.9 Å². The average Bonchev–Trinajstić information content (AvgIpc) is 3.24. The van der Waals surface area contributed by atoms with Crippen LogP contribution in [0.2, 0.25) is 0 Å². The molecule has 0 radical (unpaired) electrons. The maximum Gasteiger partial charge on any atom is 0.249 e. The van der Waals surface area contributed by atoms with Crippen molar-refractivity contribution in [3.63, 3.8) is 0 Å². The number of benzene rings is 1. The summed E-state index contributed by atoms with van der Waals surface area (Å²) in [6.45, 7) is 3.98. The largest absolute Gasteiger partial charge is 0.369 e. The molecule has 1 aromatic heterocycles. The van der Waals surface area contributed by atoms with E-state index in [1.807, 2.05) is 13.8 Å². The van der Waals surface area contributed by atoms with Gasteiger partial charge in [0.05, 0.1) is 0 Å². The van der Waals surface area contributed by atoms with Crippen molar-refractivity contribution in [1.82, 2.24) is 30.8 Å². The molecule has 0 bridgehead atoms. The number of carbonyl (C=O) groups is 3. The number of aromatic amines is 1. The number of fused-ring (bicyclic) bond motifs is 1. The SMILES string of the molecule is CC1(C)S[C@H]2C(NC(=O)C(C(N)=O)c3ccccc3)C(=O)N2C1c1nnn[nH]1. The zero-order chi connectivity index (χ0) is 20.1. The Morgan fingerprint density at radius 1 is 1.32 bits per heavy atom. The number of aromatic nitrogens is 4. The van der Waals surface area contributed by atoms with Crippen molar-refractivity contribution < 1.29 is 14.4 Å². The molecule has 1 aromatic carbocycles. The van der Waals surface area contributed by atoms with Crippen LogP contribution < -0.4 is 11.1 Å². The minimum Gasteiger partial charge on any atom is -0.369 e. The van der Waals surface area contributed by atoms with Crippen LogP contribution in [0.5, 0.6) is 0 Å². The number of primary amides is 1. The van der Waals surface area contributed by atoms with E-state index in [2.05, 4.69) is 25.9 Å². The van der Waals surface area contributed by atoms with Gasteiger partial charge in [0.2, 0.25) is 17.7 Å². The number of nitrogens with one attached hydrogen (secondary N) is 2. The smallest absolute Gasteiger partial charge is 0.249 e. The van der Waals surface area contributed by atoms with Gasteiger partial charge in [0.15, 0.2) is 5.82 Å². The molecule has 28 heavy (non-hydrogen) atoms. The van der Waals surface area contributed by atoms with Crippen molar-refractivity contribution in [3.05, 3.63) is 41.7 Å². The highest BCUT2D eigenvalue weighted by atomic mass is 32.2. The fourth-order valence-corrected chi connectivity index (χ4v) is 5.44. The number of nitrogens with two attached hydrogens (primary N) is 1. The summed E-state index contributed by atoms with van der Waals surface area (Å²) in [7, 11) is 0. The molecule has 2 saturated heterocycles. The average molecular weight is 401 g/mol. The summed E-state index contributed by atoms with van der Waals surface area (Å²) in [6, 6.07) is 7.47. The molecule has 4 N–H and O–H groups in total. The summed E-state index contributed by atoms with van der Waals surface area (Å²) >= 11 is 1.55. The van der Waals surface area contributed by atoms with Crippen LogP contribution in [0.4, 0.5) is 0 Å². The Kier molecular flexibility index (Phi) is 4.33. The van der Waals surface area contributed by atoms with Gasteiger partial charge in [0.25, 0.3) is 0 Å². The van der Waals surface area contributed by atoms with Crippen LogP contribution in [0.15, 0.2) is 30.3 Å². The molecular weight excluding hydrogens is 382 g/mol. The summed E-state index contributed by atoms with van der Waals surface area (Å²) in [4.78, 5) is 39.1. The lowest BCUT2D eigenvalue weighted by Crippen LogP contribution is -2.68. The van der Waals surface area contributed by atoms with E-state index in [-0.39, 0.29) is 22.1 Å². The van der Waals surface area contributed by atoms with Crippen molar-refractivity contribution in [3.8, 4) is 0 Å². The molecule has 0 spiro atoms. The third kappa shape index (κ3) is 2.82. The first-order valence-corrected chi connectivity index (χ1v) is 9.57. The molecular formula is C17H19N7O3S. The second-order valence-corrected chi connectivity index (χ2v) is 9.05. The minimum absolute atomic E-state index is 0.242. The molecule has 2 aliphatic heterocycles. The molecule has 3 heterocycles. The highest BCUT2D eigenvalue weighted by Crippen LogP contribution is 2.56. The molecule has 0 saturated carbocycles. The van der Waals surface area contributed by atoms with Crippen LogP contribution in [0.25, 0.3) is 0 Å². The number of tetrazole rings is 1. The van der Waals surface area contributed by atoms with Gasteiger partial charge in [0.1, 0.15) is 23.4 Å². The normalized spacial score (nSPS) is 26.3. The fraction of sp³-hybridized carbons (Fsp3) is 0.412. The molecule has 11 heteroatoms. The van der Waals surface area contributed by atoms with Crippen molar-refractivity contribution in [1.29, 1.82) is 0 Å². The van der Waals surface area contributed by atoms with Crippen molar-refractivity contribution in [2.45, 2.75) is 42.0 Å². The van der Waals surface area contributed by atoms with E-state index in [1.165, 1.54) is 0 Å². The number of rotatable bonds is 5. The van der Waals surface area contributed by atoms with Crippen LogP contribution in [-0.2, 0) is 14.4 Å². The van der Waals surface area contributed by atoms with Gasteiger partial charge in [-0.05, 0) is 29.8 Å². The lowest BCUT2D eigenvalue weighted by Gasteiger charge is -2.44. The number of nitrogens with zero attached hydrogens (tertiary/aromatic N) is 4. The second kappa shape index (κ2) is 6.59. The van der Waals surface area contributed by atoms with Crippen LogP contribution in [0.1, 0.15) is 37.2 Å². The molecule has 4 rings (SSSR count). The summed E-state index contributed by atoms with van der Waals surface area (Å²) < 4.78 is -0.358. The second-order valence-electron chi connectivity index (χ2n) is 7.28. The number of thioether (sulfide) groups is 1. The highest BCUT2D eigenvalue weighted by Gasteiger charge is 2.63. The predicted molar refractivity (Wildman–Crippen MR) is 99.5 cm³/mol. The lowest BCUT2D eigenvalue weighted by atomic mass is 9.93. The van der Waals surface area contributed by atoms with Gasteiger partial charge in [0, 0.05) is 4.75 Å². The van der Waals surface area contributed by atoms with Gasteiger partial charge < -0.3 is 16.0 Å². The Labute approximate surface area is 164 Å². The molecule has 2 aliphatic rings. The Morgan fingerprint density at radius 2 is 2.04 bits per heavy atom. The van der Waals surface area contributed by atoms with E-state index in [9.17, 15) is 14.4 Å². The monoisotopic (exact) mass is 401 g/mol. The topological polar surface area (TPSA) is 147 Å². The number of hydrogen-bond donors (Lipinski definition) is 3. The molecule has 2 aromatic rings. The Balaban J connectivity index is 1.54. The summed E-state index contributed by atoms with van der Waals surface area (Å²) in [5, 5.41) is 16.3. The van der Waals surface area contributed by atoms with Crippen LogP contribution >= 0.6 is 11.8 Å². The number of H-pyrrole nitrogens is 1. The first kappa shape index (κ1) is 18.4. The number of carbonyl (C=O) groups excluding carboxylic acids is 3. The molecule has 0 aliphatic carbocycles. The van der Waals surface area contributed by atoms with Crippen LogP contribution in [-0.4, -0.2) is 59.4 Å². The number of β-lactam (4-membered cyclic amide) rings is 1. The molecule has 146 valence electrons. The molecule has 3 unspecified atom stereocenters. The van der Waals surface area contributed by atoms with Crippen molar-refractivity contribution in [2.75, 3.05) is 0 Å². The van der Waals surface area contributed by atoms with Crippen LogP contribution in [0, 0.1) is 0 Å². The molecule has 4 atom stereocenters. The maximum absolute atomic E-state index is 12.8. The van der Waals surface area contributed by atoms with Gasteiger partial charge in [-0.25, -0.2) is 5.10 Å². The summed E-state index contributed by atoms with van der Waals surface area (Å²) in [5.41, 5.74) is 5.94. The minimum atomic E-state index is -1.16. The zero-order valence-electron chi connectivity index (χ0n) is 15.2. The first-order valence-electron chi connectivity index (χ1n) is 8.69. The van der Waals surface area contributed by atoms with Gasteiger partial charge in [-0.2, -0.15) is 0 Å². The van der Waals surface area contributed by atoms with E-state index in [4.69, 9.17) is 5.73 Å². The van der Waals surface area contributed by atoms with Gasteiger partial charge in [-0.1, -0.05) is 30.3 Å². The standard InChI is InChI=1S/C17H19N7O3S/c1-17(2)11(13-20-22-23-21-13)24-15(27)10(16(24)28-17)19-14(26)9(12(18)25)8-6-4-3-5-7-8/h3-7,9-11,16H,1-2H3,(H2,18,25)(H,19,26)(H,20,21,22,23)/t9?,10?,11?,16-/m0/s1. The van der Waals surface area contributed by atoms with Gasteiger partial charge >= 0.3 is 0 Å². The third-order valence-electron chi connectivity index (χ3n) is 5.04. The molecule has 3 amide bonds. The summed E-state index contributed by atoms with van der Waals surface area (Å²) in [5.74, 6) is -2.25. The zero-order valence-corrected chi connectivity index (χ0v) is 16.0. The Morgan fingerprint density at radius 3 is 2.64 bits per heavy atom. The predicted octanol–water partition coefficient (Wildman–Crippen LogP) is -0.312. The van der Waals surface area contributed by atoms with Crippen LogP contribution in [0.3, 0.4) is 0 Å². The van der Waals surface area contributed by atoms with E-state index < -0.39 is 23.8 Å². The van der Waals surface area contributed by atoms with E-state index in [0.717, 1.165) is 0 Å². The number of hydrogen-bond acceptors (Lipinski definition) is 7. The fourth-order valence-electron chi connectivity index (χ4n) is 3.80. The Bertz CT molecular complexity index is 918. The quantitative estimate of drug-likeness (QED) is 0.460. The molecule has 2 fully saturated rings. The Hall–Kier alpha value is -2.95. The third-order valence-corrected chi connectivity index (χ3v) is 6.61. The molecule has 10 nitrogen and oxygen atoms in total. The lowest BCUT2D eigenvalue weighted by molar-refractivity contribution is -0.152. The van der Waals surface area contributed by atoms with Crippen molar-refractivity contribution in [2.24, 2.45) is 5.73 Å². The van der Waals surface area contributed by atoms with E-state index >= 15 is 0 Å². The number of amides is 3. The van der Waals surface area contributed by atoms with Gasteiger partial charge in [-0.3, -0.25) is 14.4 Å². The van der Waals surface area contributed by atoms with E-state index in [0.29, 0.717) is 11.4 Å². The van der Waals surface area contributed by atoms with Crippen molar-refractivity contribution >= 4 is 29.5 Å². The first-order chi connectivity index (χ1) is 13.3. The van der Waals surface area contributed by atoms with E-state index in [1.54, 1.807) is 47.0 Å².